The van der Waals surface area contributed by atoms with Crippen LogP contribution in [0.3, 0.4) is 0 Å². The summed E-state index contributed by atoms with van der Waals surface area (Å²) in [6.07, 6.45) is -4.31. The fourth-order valence-corrected chi connectivity index (χ4v) is 3.53. The van der Waals surface area contributed by atoms with E-state index in [1.165, 1.54) is 0 Å². The van der Waals surface area contributed by atoms with Crippen LogP contribution in [0.15, 0.2) is 24.3 Å². The summed E-state index contributed by atoms with van der Waals surface area (Å²) in [5.41, 5.74) is 3.55. The molecule has 1 aromatic heterocycles. The number of rotatable bonds is 4. The molecule has 3 rings (SSSR count). The third-order valence-corrected chi connectivity index (χ3v) is 4.81. The number of hydrogen-bond acceptors (Lipinski definition) is 4. The van der Waals surface area contributed by atoms with Crippen LogP contribution in [0.25, 0.3) is 0 Å². The van der Waals surface area contributed by atoms with Crippen molar-refractivity contribution in [3.05, 3.63) is 52.3 Å². The van der Waals surface area contributed by atoms with Crippen molar-refractivity contribution in [2.75, 3.05) is 19.8 Å². The third kappa shape index (κ3) is 4.49. The Bertz CT molecular complexity index is 836. The largest absolute Gasteiger partial charge is 0.408 e. The molecule has 0 unspecified atom stereocenters. The Morgan fingerprint density at radius 3 is 2.59 bits per heavy atom. The summed E-state index contributed by atoms with van der Waals surface area (Å²) >= 11 is 0. The molecule has 144 valence electrons. The number of nitriles is 1. The highest BCUT2D eigenvalue weighted by Gasteiger charge is 2.33. The van der Waals surface area contributed by atoms with E-state index in [4.69, 9.17) is 10.00 Å². The van der Waals surface area contributed by atoms with Gasteiger partial charge >= 0.3 is 6.18 Å². The van der Waals surface area contributed by atoms with Crippen molar-refractivity contribution in [1.82, 2.24) is 14.7 Å². The predicted molar refractivity (Wildman–Crippen MR) is 92.9 cm³/mol. The van der Waals surface area contributed by atoms with Gasteiger partial charge in [0.25, 0.3) is 0 Å². The standard InChI is InChI=1S/C19H21F3N4O/c1-13-18(14(2)26(24-13)12-19(20,21)22)17-11-27-8-7-25(17)10-16-5-3-15(9-23)4-6-16/h3-6,17H,7-8,10-12H2,1-2H3/t17-/m0/s1. The summed E-state index contributed by atoms with van der Waals surface area (Å²) in [6, 6.07) is 9.27. The lowest BCUT2D eigenvalue weighted by Gasteiger charge is -2.36. The van der Waals surface area contributed by atoms with Gasteiger partial charge in [0, 0.05) is 24.3 Å². The second kappa shape index (κ2) is 7.71. The highest BCUT2D eigenvalue weighted by atomic mass is 19.4. The van der Waals surface area contributed by atoms with Gasteiger partial charge in [0.05, 0.1) is 36.6 Å². The molecule has 1 aliphatic heterocycles. The van der Waals surface area contributed by atoms with Crippen LogP contribution < -0.4 is 0 Å². The SMILES string of the molecule is Cc1nn(CC(F)(F)F)c(C)c1[C@@H]1COCCN1Cc1ccc(C#N)cc1. The van der Waals surface area contributed by atoms with Gasteiger partial charge in [-0.1, -0.05) is 12.1 Å². The van der Waals surface area contributed by atoms with Gasteiger partial charge in [0.1, 0.15) is 6.54 Å². The quantitative estimate of drug-likeness (QED) is 0.817. The number of halogens is 3. The van der Waals surface area contributed by atoms with E-state index >= 15 is 0 Å². The first-order valence-electron chi connectivity index (χ1n) is 8.70. The van der Waals surface area contributed by atoms with E-state index in [1.807, 2.05) is 12.1 Å². The number of benzene rings is 1. The van der Waals surface area contributed by atoms with Crippen molar-refractivity contribution in [2.45, 2.75) is 39.2 Å². The van der Waals surface area contributed by atoms with E-state index in [1.54, 1.807) is 26.0 Å². The first-order chi connectivity index (χ1) is 12.8. The number of nitrogens with zero attached hydrogens (tertiary/aromatic N) is 4. The zero-order valence-corrected chi connectivity index (χ0v) is 15.3. The Morgan fingerprint density at radius 1 is 1.26 bits per heavy atom. The lowest BCUT2D eigenvalue weighted by molar-refractivity contribution is -0.143. The second-order valence-electron chi connectivity index (χ2n) is 6.73. The van der Waals surface area contributed by atoms with Crippen molar-refractivity contribution >= 4 is 0 Å². The molecule has 0 spiro atoms. The van der Waals surface area contributed by atoms with Crippen LogP contribution in [0.1, 0.15) is 34.1 Å². The van der Waals surface area contributed by atoms with Crippen molar-refractivity contribution in [3.63, 3.8) is 0 Å². The average molecular weight is 378 g/mol. The normalized spacial score (nSPS) is 18.4. The average Bonchev–Trinajstić information content (AvgIpc) is 2.88. The van der Waals surface area contributed by atoms with Gasteiger partial charge in [-0.2, -0.15) is 23.5 Å². The maximum absolute atomic E-state index is 12.8. The number of hydrogen-bond donors (Lipinski definition) is 0. The molecule has 2 aromatic rings. The van der Waals surface area contributed by atoms with Gasteiger partial charge in [-0.15, -0.1) is 0 Å². The lowest BCUT2D eigenvalue weighted by Crippen LogP contribution is -2.39. The molecule has 1 aliphatic rings. The molecular weight excluding hydrogens is 357 g/mol. The number of morpholine rings is 1. The molecule has 0 aliphatic carbocycles. The molecule has 0 radical (unpaired) electrons. The minimum absolute atomic E-state index is 0.156. The van der Waals surface area contributed by atoms with E-state index in [-0.39, 0.29) is 6.04 Å². The van der Waals surface area contributed by atoms with Crippen LogP contribution in [0.2, 0.25) is 0 Å². The smallest absolute Gasteiger partial charge is 0.378 e. The maximum atomic E-state index is 12.8. The number of alkyl halides is 3. The Labute approximate surface area is 156 Å². The van der Waals surface area contributed by atoms with Crippen LogP contribution in [0.4, 0.5) is 13.2 Å². The van der Waals surface area contributed by atoms with E-state index in [0.717, 1.165) is 15.8 Å². The first-order valence-corrected chi connectivity index (χ1v) is 8.70. The van der Waals surface area contributed by atoms with Gasteiger partial charge in [-0.3, -0.25) is 9.58 Å². The van der Waals surface area contributed by atoms with Gasteiger partial charge < -0.3 is 4.74 Å². The van der Waals surface area contributed by atoms with Crippen LogP contribution in [0.5, 0.6) is 0 Å². The minimum atomic E-state index is -4.31. The van der Waals surface area contributed by atoms with Crippen LogP contribution in [-0.2, 0) is 17.8 Å². The summed E-state index contributed by atoms with van der Waals surface area (Å²) in [7, 11) is 0. The predicted octanol–water partition coefficient (Wildman–Crippen LogP) is 3.51. The minimum Gasteiger partial charge on any atom is -0.378 e. The van der Waals surface area contributed by atoms with Crippen molar-refractivity contribution < 1.29 is 17.9 Å². The van der Waals surface area contributed by atoms with Gasteiger partial charge in [-0.05, 0) is 31.5 Å². The van der Waals surface area contributed by atoms with Gasteiger partial charge in [0.2, 0.25) is 0 Å². The fraction of sp³-hybridized carbons (Fsp3) is 0.474. The topological polar surface area (TPSA) is 54.1 Å². The molecule has 1 atom stereocenters. The number of aryl methyl sites for hydroxylation is 1. The second-order valence-corrected chi connectivity index (χ2v) is 6.73. The van der Waals surface area contributed by atoms with Crippen molar-refractivity contribution in [2.24, 2.45) is 0 Å². The zero-order valence-electron chi connectivity index (χ0n) is 15.3. The summed E-state index contributed by atoms with van der Waals surface area (Å²) in [5, 5.41) is 13.0. The molecule has 0 N–H and O–H groups in total. The van der Waals surface area contributed by atoms with E-state index < -0.39 is 12.7 Å². The maximum Gasteiger partial charge on any atom is 0.408 e. The number of ether oxygens (including phenoxy) is 1. The molecule has 2 heterocycles. The Kier molecular flexibility index (Phi) is 5.53. The van der Waals surface area contributed by atoms with Crippen LogP contribution >= 0.6 is 0 Å². The summed E-state index contributed by atoms with van der Waals surface area (Å²) in [4.78, 5) is 2.19. The molecular formula is C19H21F3N4O. The molecule has 8 heteroatoms. The Morgan fingerprint density at radius 2 is 1.96 bits per heavy atom. The molecule has 1 aromatic carbocycles. The summed E-state index contributed by atoms with van der Waals surface area (Å²) in [6.45, 7) is 4.61. The van der Waals surface area contributed by atoms with E-state index in [2.05, 4.69) is 16.1 Å². The molecule has 0 saturated carbocycles. The molecule has 1 saturated heterocycles. The highest BCUT2D eigenvalue weighted by Crippen LogP contribution is 2.31. The van der Waals surface area contributed by atoms with Crippen LogP contribution in [0, 0.1) is 25.2 Å². The van der Waals surface area contributed by atoms with E-state index in [9.17, 15) is 13.2 Å². The Hall–Kier alpha value is -2.37. The fourth-order valence-electron chi connectivity index (χ4n) is 3.53. The molecule has 0 amide bonds. The summed E-state index contributed by atoms with van der Waals surface area (Å²) < 4.78 is 45.1. The van der Waals surface area contributed by atoms with Gasteiger partial charge in [0.15, 0.2) is 0 Å². The molecule has 1 fully saturated rings. The Balaban J connectivity index is 1.86. The lowest BCUT2D eigenvalue weighted by atomic mass is 10.0. The summed E-state index contributed by atoms with van der Waals surface area (Å²) in [5.74, 6) is 0. The van der Waals surface area contributed by atoms with Crippen molar-refractivity contribution in [1.29, 1.82) is 5.26 Å². The van der Waals surface area contributed by atoms with Gasteiger partial charge in [-0.25, -0.2) is 0 Å². The highest BCUT2D eigenvalue weighted by molar-refractivity contribution is 5.32. The third-order valence-electron chi connectivity index (χ3n) is 4.81. The monoisotopic (exact) mass is 378 g/mol. The van der Waals surface area contributed by atoms with Crippen LogP contribution in [-0.4, -0.2) is 40.6 Å². The molecule has 27 heavy (non-hydrogen) atoms. The van der Waals surface area contributed by atoms with E-state index in [0.29, 0.717) is 43.3 Å². The number of aromatic nitrogens is 2. The molecule has 5 nitrogen and oxygen atoms in total. The molecule has 0 bridgehead atoms. The zero-order chi connectivity index (χ0) is 19.6. The first kappa shape index (κ1) is 19.4. The van der Waals surface area contributed by atoms with Crippen molar-refractivity contribution in [3.8, 4) is 6.07 Å².